The van der Waals surface area contributed by atoms with Gasteiger partial charge in [-0.05, 0) is 12.1 Å². The lowest BCUT2D eigenvalue weighted by molar-refractivity contribution is 0.358. The van der Waals surface area contributed by atoms with Gasteiger partial charge in [-0.2, -0.15) is 0 Å². The normalized spacial score (nSPS) is 12.2. The van der Waals surface area contributed by atoms with Crippen LogP contribution in [0.25, 0.3) is 6.08 Å². The summed E-state index contributed by atoms with van der Waals surface area (Å²) in [6, 6.07) is 8.03. The molecule has 1 heterocycles. The Morgan fingerprint density at radius 2 is 2.00 bits per heavy atom. The molecule has 0 spiro atoms. The molecule has 0 atom stereocenters. The van der Waals surface area contributed by atoms with Crippen molar-refractivity contribution in [1.82, 2.24) is 0 Å². The first-order valence-corrected chi connectivity index (χ1v) is 3.80. The summed E-state index contributed by atoms with van der Waals surface area (Å²) in [5.74, 6) is 0.991. The summed E-state index contributed by atoms with van der Waals surface area (Å²) < 4.78 is 5.34. The van der Waals surface area contributed by atoms with Crippen molar-refractivity contribution in [2.24, 2.45) is 0 Å². The minimum atomic E-state index is 0.705. The lowest BCUT2D eigenvalue weighted by Crippen LogP contribution is -1.98. The van der Waals surface area contributed by atoms with Gasteiger partial charge in [-0.1, -0.05) is 24.3 Å². The average molecular weight is 164 g/mol. The van der Waals surface area contributed by atoms with Crippen LogP contribution in [-0.4, -0.2) is 18.8 Å². The third-order valence-corrected chi connectivity index (χ3v) is 1.55. The van der Waals surface area contributed by atoms with Gasteiger partial charge < -0.3 is 9.84 Å². The van der Waals surface area contributed by atoms with E-state index in [-0.39, 0.29) is 0 Å². The number of ether oxygens (including phenoxy) is 1. The maximum absolute atomic E-state index is 7.00. The Bertz CT molecular complexity index is 266. The highest BCUT2D eigenvalue weighted by atomic mass is 16.5. The van der Waals surface area contributed by atoms with Crippen molar-refractivity contribution in [1.29, 1.82) is 0 Å². The molecule has 0 radical (unpaired) electrons. The maximum atomic E-state index is 7.00. The van der Waals surface area contributed by atoms with Crippen molar-refractivity contribution in [2.75, 3.05) is 13.7 Å². The minimum absolute atomic E-state index is 0.705. The Kier molecular flexibility index (Phi) is 3.35. The summed E-state index contributed by atoms with van der Waals surface area (Å²) in [7, 11) is 1.00. The van der Waals surface area contributed by atoms with Crippen LogP contribution >= 0.6 is 0 Å². The van der Waals surface area contributed by atoms with Gasteiger partial charge in [-0.15, -0.1) is 0 Å². The van der Waals surface area contributed by atoms with Crippen molar-refractivity contribution < 1.29 is 9.84 Å². The summed E-state index contributed by atoms with van der Waals surface area (Å²) in [6.07, 6.45) is 4.10. The number of rotatable bonds is 0. The Hall–Kier alpha value is -1.28. The van der Waals surface area contributed by atoms with Gasteiger partial charge in [0.15, 0.2) is 0 Å². The van der Waals surface area contributed by atoms with E-state index in [1.807, 2.05) is 30.3 Å². The monoisotopic (exact) mass is 164 g/mol. The van der Waals surface area contributed by atoms with Crippen LogP contribution in [0, 0.1) is 0 Å². The lowest BCUT2D eigenvalue weighted by Gasteiger charge is -2.10. The van der Waals surface area contributed by atoms with Gasteiger partial charge in [-0.25, -0.2) is 0 Å². The smallest absolute Gasteiger partial charge is 0.126 e. The Balaban J connectivity index is 0.000000336. The lowest BCUT2D eigenvalue weighted by atomic mass is 10.1. The molecular formula is C10H12O2. The van der Waals surface area contributed by atoms with Gasteiger partial charge >= 0.3 is 0 Å². The summed E-state index contributed by atoms with van der Waals surface area (Å²) in [5, 5.41) is 7.00. The average Bonchev–Trinajstić information content (AvgIpc) is 2.21. The molecule has 0 aliphatic carbocycles. The first kappa shape index (κ1) is 8.81. The number of benzene rings is 1. The summed E-state index contributed by atoms with van der Waals surface area (Å²) >= 11 is 0. The molecule has 64 valence electrons. The summed E-state index contributed by atoms with van der Waals surface area (Å²) in [6.45, 7) is 0.705. The third kappa shape index (κ3) is 1.86. The van der Waals surface area contributed by atoms with Crippen LogP contribution in [0.4, 0.5) is 0 Å². The quantitative estimate of drug-likeness (QED) is 0.632. The van der Waals surface area contributed by atoms with E-state index in [9.17, 15) is 0 Å². The highest BCUT2D eigenvalue weighted by Crippen LogP contribution is 2.21. The molecule has 0 fully saturated rings. The zero-order valence-electron chi connectivity index (χ0n) is 7.03. The second-order valence-electron chi connectivity index (χ2n) is 2.25. The first-order chi connectivity index (χ1) is 5.97. The molecule has 2 heteroatoms. The van der Waals surface area contributed by atoms with Crippen molar-refractivity contribution in [3.8, 4) is 5.75 Å². The molecule has 1 N–H and O–H groups in total. The molecule has 1 aromatic carbocycles. The largest absolute Gasteiger partial charge is 0.489 e. The van der Waals surface area contributed by atoms with Gasteiger partial charge in [-0.3, -0.25) is 0 Å². The molecular weight excluding hydrogens is 152 g/mol. The fraction of sp³-hybridized carbons (Fsp3) is 0.200. The Morgan fingerprint density at radius 1 is 1.25 bits per heavy atom. The summed E-state index contributed by atoms with van der Waals surface area (Å²) in [4.78, 5) is 0. The van der Waals surface area contributed by atoms with Crippen LogP contribution in [0.3, 0.4) is 0 Å². The van der Waals surface area contributed by atoms with E-state index in [2.05, 4.69) is 6.08 Å². The number of para-hydroxylation sites is 1. The molecule has 0 saturated carbocycles. The van der Waals surface area contributed by atoms with Gasteiger partial charge in [0.1, 0.15) is 12.4 Å². The molecule has 0 unspecified atom stereocenters. The van der Waals surface area contributed by atoms with Gasteiger partial charge in [0.25, 0.3) is 0 Å². The van der Waals surface area contributed by atoms with E-state index in [1.54, 1.807) is 0 Å². The second-order valence-corrected chi connectivity index (χ2v) is 2.25. The predicted molar refractivity (Wildman–Crippen MR) is 49.1 cm³/mol. The molecule has 1 aliphatic heterocycles. The molecule has 0 saturated heterocycles. The predicted octanol–water partition coefficient (Wildman–Crippen LogP) is 1.70. The van der Waals surface area contributed by atoms with Crippen molar-refractivity contribution >= 4 is 6.08 Å². The minimum Gasteiger partial charge on any atom is -0.489 e. The Labute approximate surface area is 72.1 Å². The van der Waals surface area contributed by atoms with Crippen LogP contribution in [-0.2, 0) is 0 Å². The van der Waals surface area contributed by atoms with E-state index in [4.69, 9.17) is 9.84 Å². The van der Waals surface area contributed by atoms with Crippen molar-refractivity contribution in [3.05, 3.63) is 35.9 Å². The first-order valence-electron chi connectivity index (χ1n) is 3.80. The Morgan fingerprint density at radius 3 is 2.75 bits per heavy atom. The zero-order valence-corrected chi connectivity index (χ0v) is 7.03. The molecule has 2 rings (SSSR count). The topological polar surface area (TPSA) is 29.5 Å². The number of hydrogen-bond acceptors (Lipinski definition) is 2. The molecule has 0 aromatic heterocycles. The van der Waals surface area contributed by atoms with E-state index < -0.39 is 0 Å². The number of hydrogen-bond donors (Lipinski definition) is 1. The van der Waals surface area contributed by atoms with E-state index in [1.165, 1.54) is 5.56 Å². The fourth-order valence-corrected chi connectivity index (χ4v) is 1.06. The standard InChI is InChI=1S/C9H8O.CH4O/c1-2-6-9-8(4-1)5-3-7-10-9;1-2/h1-6H,7H2;2H,1H3. The zero-order chi connectivity index (χ0) is 8.81. The van der Waals surface area contributed by atoms with E-state index >= 15 is 0 Å². The second kappa shape index (κ2) is 4.57. The molecule has 0 bridgehead atoms. The van der Waals surface area contributed by atoms with Crippen LogP contribution < -0.4 is 4.74 Å². The molecule has 12 heavy (non-hydrogen) atoms. The van der Waals surface area contributed by atoms with Crippen LogP contribution in [0.5, 0.6) is 5.75 Å². The van der Waals surface area contributed by atoms with Crippen molar-refractivity contribution in [3.63, 3.8) is 0 Å². The van der Waals surface area contributed by atoms with Gasteiger partial charge in [0.2, 0.25) is 0 Å². The van der Waals surface area contributed by atoms with E-state index in [0.29, 0.717) is 6.61 Å². The van der Waals surface area contributed by atoms with Crippen molar-refractivity contribution in [2.45, 2.75) is 0 Å². The van der Waals surface area contributed by atoms with Gasteiger partial charge in [0.05, 0.1) is 0 Å². The SMILES string of the molecule is C1=Cc2ccccc2OC1.CO. The van der Waals surface area contributed by atoms with Gasteiger partial charge in [0, 0.05) is 12.7 Å². The van der Waals surface area contributed by atoms with Crippen LogP contribution in [0.1, 0.15) is 5.56 Å². The molecule has 2 nitrogen and oxygen atoms in total. The molecule has 1 aromatic rings. The fourth-order valence-electron chi connectivity index (χ4n) is 1.06. The van der Waals surface area contributed by atoms with Crippen LogP contribution in [0.15, 0.2) is 30.3 Å². The molecule has 0 amide bonds. The number of aliphatic hydroxyl groups is 1. The molecule has 1 aliphatic rings. The highest BCUT2D eigenvalue weighted by Gasteiger charge is 2.01. The van der Waals surface area contributed by atoms with E-state index in [0.717, 1.165) is 12.9 Å². The third-order valence-electron chi connectivity index (χ3n) is 1.55. The number of fused-ring (bicyclic) bond motifs is 1. The maximum Gasteiger partial charge on any atom is 0.126 e. The highest BCUT2D eigenvalue weighted by molar-refractivity contribution is 5.58. The van der Waals surface area contributed by atoms with Crippen LogP contribution in [0.2, 0.25) is 0 Å². The summed E-state index contributed by atoms with van der Waals surface area (Å²) in [5.41, 5.74) is 1.17. The number of aliphatic hydroxyl groups excluding tert-OH is 1.